The summed E-state index contributed by atoms with van der Waals surface area (Å²) in [5.41, 5.74) is 7.33. The van der Waals surface area contributed by atoms with Crippen LogP contribution in [0.1, 0.15) is 19.3 Å². The first-order chi connectivity index (χ1) is 7.71. The van der Waals surface area contributed by atoms with Crippen molar-refractivity contribution in [1.29, 1.82) is 0 Å². The quantitative estimate of drug-likeness (QED) is 0.321. The number of azide groups is 1. The minimum absolute atomic E-state index is 0.411. The number of hydrogen-bond donors (Lipinski definition) is 2. The van der Waals surface area contributed by atoms with E-state index in [0.717, 1.165) is 11.5 Å². The Balaban J connectivity index is 2.38. The molecule has 0 radical (unpaired) electrons. The van der Waals surface area contributed by atoms with Crippen molar-refractivity contribution in [3.8, 4) is 0 Å². The zero-order valence-corrected chi connectivity index (χ0v) is 9.87. The summed E-state index contributed by atoms with van der Waals surface area (Å²) in [5, 5.41) is 15.7. The van der Waals surface area contributed by atoms with Crippen LogP contribution in [0.3, 0.4) is 0 Å². The molecule has 0 unspecified atom stereocenters. The lowest BCUT2D eigenvalue weighted by Crippen LogP contribution is -2.54. The molecule has 90 valence electrons. The molecule has 0 aromatic heterocycles. The standard InChI is InChI=1S/C9H16N4O2S/c10-13-12-5-1-4-11-9(8(14)15)2-6-16-7-3-9/h11H,1-7H2,(H,14,15). The summed E-state index contributed by atoms with van der Waals surface area (Å²) >= 11 is 1.79. The summed E-state index contributed by atoms with van der Waals surface area (Å²) in [5.74, 6) is 1.00. The second-order valence-electron chi connectivity index (χ2n) is 3.73. The lowest BCUT2D eigenvalue weighted by atomic mass is 9.92. The van der Waals surface area contributed by atoms with Crippen LogP contribution in [0, 0.1) is 0 Å². The average Bonchev–Trinajstić information content (AvgIpc) is 2.30. The number of nitrogens with one attached hydrogen (secondary N) is 1. The van der Waals surface area contributed by atoms with Gasteiger partial charge in [-0.1, -0.05) is 5.11 Å². The molecule has 0 amide bonds. The molecule has 1 fully saturated rings. The van der Waals surface area contributed by atoms with Crippen molar-refractivity contribution in [2.75, 3.05) is 24.6 Å². The number of rotatable bonds is 6. The van der Waals surface area contributed by atoms with Crippen molar-refractivity contribution in [2.45, 2.75) is 24.8 Å². The van der Waals surface area contributed by atoms with E-state index in [0.29, 0.717) is 32.4 Å². The molecule has 0 aromatic rings. The number of aliphatic carboxylic acids is 1. The first-order valence-corrected chi connectivity index (χ1v) is 6.44. The van der Waals surface area contributed by atoms with Crippen LogP contribution in [-0.4, -0.2) is 41.2 Å². The van der Waals surface area contributed by atoms with Crippen LogP contribution in [0.5, 0.6) is 0 Å². The van der Waals surface area contributed by atoms with Crippen LogP contribution < -0.4 is 5.32 Å². The highest BCUT2D eigenvalue weighted by Crippen LogP contribution is 2.27. The average molecular weight is 244 g/mol. The second kappa shape index (κ2) is 6.62. The molecule has 0 aromatic carbocycles. The Hall–Kier alpha value is -0.910. The van der Waals surface area contributed by atoms with Crippen molar-refractivity contribution in [1.82, 2.24) is 5.32 Å². The van der Waals surface area contributed by atoms with Crippen LogP contribution in [-0.2, 0) is 4.79 Å². The number of nitrogens with zero attached hydrogens (tertiary/aromatic N) is 3. The summed E-state index contributed by atoms with van der Waals surface area (Å²) in [6.07, 6.45) is 2.00. The zero-order valence-electron chi connectivity index (χ0n) is 9.06. The Morgan fingerprint density at radius 3 is 2.81 bits per heavy atom. The SMILES string of the molecule is [N-]=[N+]=NCCCNC1(C(=O)O)CCSCC1. The zero-order chi connectivity index (χ0) is 11.9. The lowest BCUT2D eigenvalue weighted by molar-refractivity contribution is -0.145. The van der Waals surface area contributed by atoms with Crippen LogP contribution >= 0.6 is 11.8 Å². The third kappa shape index (κ3) is 3.59. The van der Waals surface area contributed by atoms with Gasteiger partial charge in [0.2, 0.25) is 0 Å². The summed E-state index contributed by atoms with van der Waals surface area (Å²) < 4.78 is 0. The smallest absolute Gasteiger partial charge is 0.323 e. The van der Waals surface area contributed by atoms with Crippen molar-refractivity contribution < 1.29 is 9.90 Å². The van der Waals surface area contributed by atoms with E-state index >= 15 is 0 Å². The molecule has 2 N–H and O–H groups in total. The van der Waals surface area contributed by atoms with Gasteiger partial charge in [-0.15, -0.1) is 0 Å². The molecule has 1 saturated heterocycles. The molecule has 16 heavy (non-hydrogen) atoms. The Bertz CT molecular complexity index is 285. The highest BCUT2D eigenvalue weighted by molar-refractivity contribution is 7.99. The minimum atomic E-state index is -0.767. The van der Waals surface area contributed by atoms with Gasteiger partial charge in [0.25, 0.3) is 0 Å². The number of carboxylic acids is 1. The highest BCUT2D eigenvalue weighted by atomic mass is 32.2. The Morgan fingerprint density at radius 1 is 1.56 bits per heavy atom. The first-order valence-electron chi connectivity index (χ1n) is 5.28. The van der Waals surface area contributed by atoms with E-state index in [2.05, 4.69) is 15.3 Å². The molecule has 7 heteroatoms. The second-order valence-corrected chi connectivity index (χ2v) is 4.96. The number of thioether (sulfide) groups is 1. The Kier molecular flexibility index (Phi) is 5.45. The maximum absolute atomic E-state index is 11.2. The molecule has 0 saturated carbocycles. The lowest BCUT2D eigenvalue weighted by Gasteiger charge is -2.33. The van der Waals surface area contributed by atoms with E-state index in [1.165, 1.54) is 0 Å². The van der Waals surface area contributed by atoms with Gasteiger partial charge in [-0.05, 0) is 42.8 Å². The maximum atomic E-state index is 11.2. The number of carbonyl (C=O) groups is 1. The Morgan fingerprint density at radius 2 is 2.25 bits per heavy atom. The van der Waals surface area contributed by atoms with Gasteiger partial charge in [-0.3, -0.25) is 4.79 Å². The van der Waals surface area contributed by atoms with E-state index < -0.39 is 11.5 Å². The molecular formula is C9H16N4O2S. The predicted molar refractivity (Wildman–Crippen MR) is 63.6 cm³/mol. The van der Waals surface area contributed by atoms with Gasteiger partial charge in [-0.25, -0.2) is 0 Å². The summed E-state index contributed by atoms with van der Waals surface area (Å²) in [6, 6.07) is 0. The largest absolute Gasteiger partial charge is 0.480 e. The van der Waals surface area contributed by atoms with E-state index in [4.69, 9.17) is 5.53 Å². The van der Waals surface area contributed by atoms with Gasteiger partial charge in [0.15, 0.2) is 0 Å². The topological polar surface area (TPSA) is 98.1 Å². The van der Waals surface area contributed by atoms with Gasteiger partial charge in [0, 0.05) is 11.5 Å². The molecule has 6 nitrogen and oxygen atoms in total. The third-order valence-electron chi connectivity index (χ3n) is 2.72. The minimum Gasteiger partial charge on any atom is -0.480 e. The van der Waals surface area contributed by atoms with E-state index in [9.17, 15) is 9.90 Å². The summed E-state index contributed by atoms with van der Waals surface area (Å²) in [7, 11) is 0. The molecule has 1 rings (SSSR count). The molecule has 0 aliphatic carbocycles. The molecule has 0 bridgehead atoms. The van der Waals surface area contributed by atoms with E-state index in [1.54, 1.807) is 11.8 Å². The van der Waals surface area contributed by atoms with E-state index in [1.807, 2.05) is 0 Å². The number of hydrogen-bond acceptors (Lipinski definition) is 4. The van der Waals surface area contributed by atoms with Gasteiger partial charge in [-0.2, -0.15) is 11.8 Å². The van der Waals surface area contributed by atoms with Crippen LogP contribution in [0.4, 0.5) is 0 Å². The van der Waals surface area contributed by atoms with Gasteiger partial charge in [0.05, 0.1) is 0 Å². The van der Waals surface area contributed by atoms with Crippen LogP contribution in [0.2, 0.25) is 0 Å². The normalized spacial score (nSPS) is 18.8. The molecule has 1 aliphatic heterocycles. The first kappa shape index (κ1) is 13.2. The van der Waals surface area contributed by atoms with Gasteiger partial charge in [0.1, 0.15) is 5.54 Å². The van der Waals surface area contributed by atoms with Crippen molar-refractivity contribution in [2.24, 2.45) is 5.11 Å². The summed E-state index contributed by atoms with van der Waals surface area (Å²) in [4.78, 5) is 13.9. The van der Waals surface area contributed by atoms with Crippen LogP contribution in [0.25, 0.3) is 10.4 Å². The molecule has 0 atom stereocenters. The summed E-state index contributed by atoms with van der Waals surface area (Å²) in [6.45, 7) is 0.990. The fraction of sp³-hybridized carbons (Fsp3) is 0.889. The van der Waals surface area contributed by atoms with Crippen LogP contribution in [0.15, 0.2) is 5.11 Å². The van der Waals surface area contributed by atoms with Crippen molar-refractivity contribution >= 4 is 17.7 Å². The highest BCUT2D eigenvalue weighted by Gasteiger charge is 2.38. The monoisotopic (exact) mass is 244 g/mol. The van der Waals surface area contributed by atoms with Crippen molar-refractivity contribution in [3.63, 3.8) is 0 Å². The molecule has 0 spiro atoms. The number of carboxylic acid groups (broad SMARTS) is 1. The van der Waals surface area contributed by atoms with Crippen molar-refractivity contribution in [3.05, 3.63) is 10.4 Å². The Labute approximate surface area is 98.4 Å². The molecule has 1 heterocycles. The van der Waals surface area contributed by atoms with Gasteiger partial charge >= 0.3 is 5.97 Å². The maximum Gasteiger partial charge on any atom is 0.323 e. The van der Waals surface area contributed by atoms with Gasteiger partial charge < -0.3 is 10.4 Å². The predicted octanol–water partition coefficient (Wildman–Crippen LogP) is 1.63. The third-order valence-corrected chi connectivity index (χ3v) is 3.70. The fourth-order valence-corrected chi connectivity index (χ4v) is 2.90. The van der Waals surface area contributed by atoms with E-state index in [-0.39, 0.29) is 0 Å². The molecular weight excluding hydrogens is 228 g/mol. The fourth-order valence-electron chi connectivity index (χ4n) is 1.71. The molecule has 1 aliphatic rings.